The average molecular weight is 389 g/mol. The second-order valence-electron chi connectivity index (χ2n) is 6.40. The zero-order chi connectivity index (χ0) is 20.1. The Morgan fingerprint density at radius 1 is 1.17 bits per heavy atom. The number of benzene rings is 2. The predicted octanol–water partition coefficient (Wildman–Crippen LogP) is 2.13. The molecule has 7 nitrogen and oxygen atoms in total. The van der Waals surface area contributed by atoms with Crippen molar-refractivity contribution in [3.8, 4) is 23.3 Å². The first-order valence-corrected chi connectivity index (χ1v) is 9.19. The van der Waals surface area contributed by atoms with Crippen LogP contribution in [0.3, 0.4) is 0 Å². The smallest absolute Gasteiger partial charge is 0.321 e. The summed E-state index contributed by atoms with van der Waals surface area (Å²) in [6.45, 7) is 1.78. The molecule has 0 saturated carbocycles. The molecule has 2 aromatic rings. The number of amides is 3. The molecule has 0 spiro atoms. The summed E-state index contributed by atoms with van der Waals surface area (Å²) in [5, 5.41) is 5.49. The van der Waals surface area contributed by atoms with Crippen LogP contribution in [-0.2, 0) is 4.79 Å². The minimum absolute atomic E-state index is 0.0830. The second kappa shape index (κ2) is 8.40. The molecule has 7 heteroatoms. The third kappa shape index (κ3) is 4.50. The molecule has 0 unspecified atom stereocenters. The van der Waals surface area contributed by atoms with E-state index in [0.29, 0.717) is 24.6 Å². The quantitative estimate of drug-likeness (QED) is 0.620. The van der Waals surface area contributed by atoms with Crippen LogP contribution in [0.25, 0.3) is 6.08 Å². The summed E-state index contributed by atoms with van der Waals surface area (Å²) < 4.78 is 10.6. The van der Waals surface area contributed by atoms with Crippen molar-refractivity contribution in [2.75, 3.05) is 31.3 Å². The normalized spacial score (nSPS) is 14.5. The molecular formula is C22H19N3O4. The molecule has 2 N–H and O–H groups in total. The molecule has 146 valence electrons. The lowest BCUT2D eigenvalue weighted by molar-refractivity contribution is -0.116. The average Bonchev–Trinajstić information content (AvgIpc) is 3.38. The van der Waals surface area contributed by atoms with Crippen LogP contribution in [0.15, 0.2) is 48.5 Å². The van der Waals surface area contributed by atoms with E-state index in [9.17, 15) is 9.59 Å². The van der Waals surface area contributed by atoms with E-state index in [4.69, 9.17) is 9.47 Å². The van der Waals surface area contributed by atoms with Crippen molar-refractivity contribution in [3.63, 3.8) is 0 Å². The van der Waals surface area contributed by atoms with Gasteiger partial charge in [0.1, 0.15) is 0 Å². The molecule has 0 aromatic heterocycles. The summed E-state index contributed by atoms with van der Waals surface area (Å²) in [5.41, 5.74) is 2.51. The number of ether oxygens (including phenoxy) is 2. The first kappa shape index (κ1) is 18.4. The number of nitrogens with one attached hydrogen (secondary N) is 2. The summed E-state index contributed by atoms with van der Waals surface area (Å²) in [7, 11) is 0. The Hall–Kier alpha value is -3.92. The van der Waals surface area contributed by atoms with E-state index in [-0.39, 0.29) is 25.3 Å². The number of hydrogen-bond acceptors (Lipinski definition) is 4. The molecule has 0 atom stereocenters. The van der Waals surface area contributed by atoms with Gasteiger partial charge in [0.2, 0.25) is 12.7 Å². The lowest BCUT2D eigenvalue weighted by Gasteiger charge is -2.13. The van der Waals surface area contributed by atoms with Crippen LogP contribution in [0.5, 0.6) is 11.5 Å². The Balaban J connectivity index is 1.26. The largest absolute Gasteiger partial charge is 0.454 e. The number of nitrogens with zero attached hydrogens (tertiary/aromatic N) is 1. The van der Waals surface area contributed by atoms with Crippen LogP contribution in [0.2, 0.25) is 0 Å². The molecule has 4 rings (SSSR count). The Morgan fingerprint density at radius 3 is 2.79 bits per heavy atom. The van der Waals surface area contributed by atoms with E-state index in [1.165, 1.54) is 6.08 Å². The highest BCUT2D eigenvalue weighted by molar-refractivity contribution is 5.94. The van der Waals surface area contributed by atoms with Crippen molar-refractivity contribution in [1.82, 2.24) is 10.6 Å². The predicted molar refractivity (Wildman–Crippen MR) is 109 cm³/mol. The molecule has 0 aliphatic carbocycles. The Bertz CT molecular complexity index is 1020. The maximum absolute atomic E-state index is 11.9. The Labute approximate surface area is 168 Å². The topological polar surface area (TPSA) is 79.9 Å². The summed E-state index contributed by atoms with van der Waals surface area (Å²) >= 11 is 0. The number of carbonyl (C=O) groups is 2. The van der Waals surface area contributed by atoms with Crippen LogP contribution < -0.4 is 25.0 Å². The lowest BCUT2D eigenvalue weighted by Crippen LogP contribution is -2.27. The molecule has 2 aromatic carbocycles. The van der Waals surface area contributed by atoms with Crippen LogP contribution in [0.1, 0.15) is 11.1 Å². The van der Waals surface area contributed by atoms with Crippen LogP contribution >= 0.6 is 0 Å². The van der Waals surface area contributed by atoms with Crippen LogP contribution in [-0.4, -0.2) is 38.4 Å². The Kier molecular flexibility index (Phi) is 5.34. The van der Waals surface area contributed by atoms with Crippen molar-refractivity contribution in [2.45, 2.75) is 0 Å². The van der Waals surface area contributed by atoms with Gasteiger partial charge >= 0.3 is 6.03 Å². The van der Waals surface area contributed by atoms with Crippen LogP contribution in [0, 0.1) is 11.8 Å². The number of urea groups is 1. The van der Waals surface area contributed by atoms with E-state index < -0.39 is 0 Å². The van der Waals surface area contributed by atoms with E-state index >= 15 is 0 Å². The molecule has 29 heavy (non-hydrogen) atoms. The standard InChI is InChI=1S/C22H19N3O4/c26-21(10-6-17-5-9-19-20(14-17)29-15-28-19)23-11-1-2-16-3-7-18(8-4-16)25-13-12-24-22(25)27/h3-10,14H,11-13,15H2,(H,23,26)(H,24,27)/b10-6+. The first-order valence-electron chi connectivity index (χ1n) is 9.19. The van der Waals surface area contributed by atoms with Gasteiger partial charge < -0.3 is 20.1 Å². The fourth-order valence-electron chi connectivity index (χ4n) is 2.97. The number of fused-ring (bicyclic) bond motifs is 1. The molecular weight excluding hydrogens is 370 g/mol. The van der Waals surface area contributed by atoms with Gasteiger partial charge in [-0.3, -0.25) is 9.69 Å². The van der Waals surface area contributed by atoms with Gasteiger partial charge in [-0.1, -0.05) is 17.9 Å². The van der Waals surface area contributed by atoms with Gasteiger partial charge in [-0.2, -0.15) is 0 Å². The molecule has 2 aliphatic heterocycles. The minimum Gasteiger partial charge on any atom is -0.454 e. The highest BCUT2D eigenvalue weighted by Crippen LogP contribution is 2.32. The molecule has 2 aliphatic rings. The molecule has 1 fully saturated rings. The molecule has 0 bridgehead atoms. The van der Waals surface area contributed by atoms with Crippen molar-refractivity contribution in [2.24, 2.45) is 0 Å². The van der Waals surface area contributed by atoms with E-state index in [1.54, 1.807) is 11.0 Å². The maximum atomic E-state index is 11.9. The van der Waals surface area contributed by atoms with Crippen molar-refractivity contribution in [1.29, 1.82) is 0 Å². The van der Waals surface area contributed by atoms with E-state index in [0.717, 1.165) is 16.8 Å². The highest BCUT2D eigenvalue weighted by atomic mass is 16.7. The number of rotatable bonds is 4. The summed E-state index contributed by atoms with van der Waals surface area (Å²) in [6.07, 6.45) is 3.16. The molecule has 1 saturated heterocycles. The number of hydrogen-bond donors (Lipinski definition) is 2. The Morgan fingerprint density at radius 2 is 2.00 bits per heavy atom. The third-order valence-electron chi connectivity index (χ3n) is 4.44. The number of carbonyl (C=O) groups excluding carboxylic acids is 2. The monoisotopic (exact) mass is 389 g/mol. The van der Waals surface area contributed by atoms with Gasteiger partial charge in [-0.25, -0.2) is 4.79 Å². The SMILES string of the molecule is O=C(/C=C/c1ccc2c(c1)OCO2)NCC#Cc1ccc(N2CCNC2=O)cc1. The molecule has 2 heterocycles. The van der Waals surface area contributed by atoms with Crippen molar-refractivity contribution in [3.05, 3.63) is 59.7 Å². The maximum Gasteiger partial charge on any atom is 0.321 e. The lowest BCUT2D eigenvalue weighted by atomic mass is 10.2. The first-order chi connectivity index (χ1) is 14.2. The van der Waals surface area contributed by atoms with Crippen molar-refractivity contribution >= 4 is 23.7 Å². The third-order valence-corrected chi connectivity index (χ3v) is 4.44. The van der Waals surface area contributed by atoms with Crippen molar-refractivity contribution < 1.29 is 19.1 Å². The molecule has 0 radical (unpaired) electrons. The van der Waals surface area contributed by atoms with Gasteiger partial charge in [-0.15, -0.1) is 0 Å². The summed E-state index contributed by atoms with van der Waals surface area (Å²) in [4.78, 5) is 25.3. The minimum atomic E-state index is -0.229. The zero-order valence-corrected chi connectivity index (χ0v) is 15.6. The summed E-state index contributed by atoms with van der Waals surface area (Å²) in [5.74, 6) is 7.06. The fourth-order valence-corrected chi connectivity index (χ4v) is 2.97. The number of anilines is 1. The van der Waals surface area contributed by atoms with Gasteiger partial charge in [-0.05, 0) is 48.0 Å². The van der Waals surface area contributed by atoms with Gasteiger partial charge in [0, 0.05) is 30.4 Å². The van der Waals surface area contributed by atoms with E-state index in [2.05, 4.69) is 22.5 Å². The second-order valence-corrected chi connectivity index (χ2v) is 6.40. The van der Waals surface area contributed by atoms with Crippen LogP contribution in [0.4, 0.5) is 10.5 Å². The highest BCUT2D eigenvalue weighted by Gasteiger charge is 2.20. The van der Waals surface area contributed by atoms with Gasteiger partial charge in [0.25, 0.3) is 0 Å². The molecule has 3 amide bonds. The zero-order valence-electron chi connectivity index (χ0n) is 15.6. The summed E-state index contributed by atoms with van der Waals surface area (Å²) in [6, 6.07) is 12.8. The van der Waals surface area contributed by atoms with Gasteiger partial charge in [0.15, 0.2) is 11.5 Å². The van der Waals surface area contributed by atoms with E-state index in [1.807, 2.05) is 42.5 Å². The van der Waals surface area contributed by atoms with Gasteiger partial charge in [0.05, 0.1) is 6.54 Å². The fraction of sp³-hybridized carbons (Fsp3) is 0.182.